The minimum atomic E-state index is 0.286. The fraction of sp³-hybridized carbons (Fsp3) is 0.667. The van der Waals surface area contributed by atoms with E-state index in [1.807, 2.05) is 0 Å². The molecule has 1 heteroatoms. The zero-order valence-electron chi connectivity index (χ0n) is 13.6. The number of nitrogens with one attached hydrogen (secondary N) is 1. The first kappa shape index (κ1) is 16.2. The molecular formula is C18H31N. The monoisotopic (exact) mass is 261 g/mol. The highest BCUT2D eigenvalue weighted by Crippen LogP contribution is 2.36. The van der Waals surface area contributed by atoms with Crippen LogP contribution in [0.15, 0.2) is 24.3 Å². The summed E-state index contributed by atoms with van der Waals surface area (Å²) in [5.74, 6) is 0.607. The number of hydrogen-bond donors (Lipinski definition) is 1. The van der Waals surface area contributed by atoms with Crippen molar-refractivity contribution >= 4 is 0 Å². The Morgan fingerprint density at radius 3 is 1.95 bits per heavy atom. The summed E-state index contributed by atoms with van der Waals surface area (Å²) in [5, 5.41) is 3.73. The largest absolute Gasteiger partial charge is 0.309 e. The lowest BCUT2D eigenvalue weighted by Gasteiger charge is -2.35. The van der Waals surface area contributed by atoms with Crippen LogP contribution in [0.2, 0.25) is 0 Å². The Kier molecular flexibility index (Phi) is 6.06. The van der Waals surface area contributed by atoms with Crippen LogP contribution in [0.25, 0.3) is 0 Å². The number of hydrogen-bond acceptors (Lipinski definition) is 1. The smallest absolute Gasteiger partial charge is 0.0371 e. The summed E-state index contributed by atoms with van der Waals surface area (Å²) in [6.45, 7) is 14.8. The predicted molar refractivity (Wildman–Crippen MR) is 85.6 cm³/mol. The van der Waals surface area contributed by atoms with Crippen molar-refractivity contribution in [2.45, 2.75) is 66.3 Å². The Morgan fingerprint density at radius 2 is 1.53 bits per heavy atom. The van der Waals surface area contributed by atoms with Gasteiger partial charge in [-0.25, -0.2) is 0 Å². The molecule has 0 bridgehead atoms. The van der Waals surface area contributed by atoms with Crippen LogP contribution >= 0.6 is 0 Å². The maximum absolute atomic E-state index is 3.73. The lowest BCUT2D eigenvalue weighted by atomic mass is 9.78. The summed E-state index contributed by atoms with van der Waals surface area (Å²) in [6, 6.07) is 9.62. The van der Waals surface area contributed by atoms with E-state index in [0.717, 1.165) is 6.54 Å². The predicted octanol–water partition coefficient (Wildman–Crippen LogP) is 5.29. The molecule has 1 nitrogen and oxygen atoms in total. The highest BCUT2D eigenvalue weighted by atomic mass is 14.9. The molecule has 0 aromatic heterocycles. The van der Waals surface area contributed by atoms with Crippen molar-refractivity contribution in [1.82, 2.24) is 5.32 Å². The van der Waals surface area contributed by atoms with Gasteiger partial charge in [0.25, 0.3) is 0 Å². The Balaban J connectivity index is 2.97. The fourth-order valence-electron chi connectivity index (χ4n) is 2.41. The van der Waals surface area contributed by atoms with E-state index in [1.54, 1.807) is 0 Å². The number of benzene rings is 1. The molecule has 1 aromatic carbocycles. The Hall–Kier alpha value is -0.820. The Labute approximate surface area is 119 Å². The van der Waals surface area contributed by atoms with Gasteiger partial charge in [0.05, 0.1) is 0 Å². The molecule has 0 spiro atoms. The molecule has 0 radical (unpaired) electrons. The van der Waals surface area contributed by atoms with E-state index < -0.39 is 0 Å². The molecule has 0 aliphatic heterocycles. The molecule has 1 unspecified atom stereocenters. The first-order valence-corrected chi connectivity index (χ1v) is 7.75. The minimum Gasteiger partial charge on any atom is -0.309 e. The molecule has 1 aromatic rings. The van der Waals surface area contributed by atoms with Gasteiger partial charge in [-0.05, 0) is 41.8 Å². The van der Waals surface area contributed by atoms with Crippen LogP contribution in [-0.2, 0) is 0 Å². The van der Waals surface area contributed by atoms with Crippen LogP contribution in [0.1, 0.15) is 77.5 Å². The van der Waals surface area contributed by atoms with Gasteiger partial charge >= 0.3 is 0 Å². The second-order valence-electron chi connectivity index (χ2n) is 6.55. The minimum absolute atomic E-state index is 0.286. The second kappa shape index (κ2) is 7.09. The van der Waals surface area contributed by atoms with Gasteiger partial charge in [0.1, 0.15) is 0 Å². The highest BCUT2D eigenvalue weighted by Gasteiger charge is 2.28. The van der Waals surface area contributed by atoms with E-state index in [4.69, 9.17) is 0 Å². The van der Waals surface area contributed by atoms with Gasteiger partial charge in [-0.3, -0.25) is 0 Å². The molecule has 0 fully saturated rings. The van der Waals surface area contributed by atoms with Crippen LogP contribution < -0.4 is 5.32 Å². The summed E-state index contributed by atoms with van der Waals surface area (Å²) in [5.41, 5.74) is 3.13. The highest BCUT2D eigenvalue weighted by molar-refractivity contribution is 5.28. The quantitative estimate of drug-likeness (QED) is 0.703. The molecule has 1 rings (SSSR count). The molecule has 1 N–H and O–H groups in total. The van der Waals surface area contributed by atoms with Crippen molar-refractivity contribution in [2.24, 2.45) is 5.41 Å². The first-order chi connectivity index (χ1) is 8.92. The third-order valence-electron chi connectivity index (χ3n) is 4.23. The van der Waals surface area contributed by atoms with E-state index in [1.165, 1.54) is 24.0 Å². The van der Waals surface area contributed by atoms with Gasteiger partial charge in [-0.15, -0.1) is 0 Å². The van der Waals surface area contributed by atoms with Crippen LogP contribution in [0.4, 0.5) is 0 Å². The van der Waals surface area contributed by atoms with Crippen molar-refractivity contribution in [1.29, 1.82) is 0 Å². The molecule has 0 amide bonds. The van der Waals surface area contributed by atoms with Gasteiger partial charge < -0.3 is 5.32 Å². The Bertz CT molecular complexity index is 362. The summed E-state index contributed by atoms with van der Waals surface area (Å²) < 4.78 is 0. The van der Waals surface area contributed by atoms with Crippen LogP contribution in [0.3, 0.4) is 0 Å². The Morgan fingerprint density at radius 1 is 1.00 bits per heavy atom. The third kappa shape index (κ3) is 4.35. The zero-order chi connectivity index (χ0) is 14.5. The standard InChI is InChI=1S/C18H31N/c1-7-13-19-17(18(5,6)8-2)16-11-9-15(10-12-16)14(3)4/h9-12,14,17,19H,7-8,13H2,1-6H3. The van der Waals surface area contributed by atoms with Crippen molar-refractivity contribution in [3.05, 3.63) is 35.4 Å². The number of rotatable bonds is 7. The zero-order valence-corrected chi connectivity index (χ0v) is 13.6. The third-order valence-corrected chi connectivity index (χ3v) is 4.23. The van der Waals surface area contributed by atoms with Crippen molar-refractivity contribution in [3.8, 4) is 0 Å². The average Bonchev–Trinajstić information content (AvgIpc) is 2.39. The lowest BCUT2D eigenvalue weighted by molar-refractivity contribution is 0.234. The second-order valence-corrected chi connectivity index (χ2v) is 6.55. The lowest BCUT2D eigenvalue weighted by Crippen LogP contribution is -2.34. The van der Waals surface area contributed by atoms with E-state index >= 15 is 0 Å². The van der Waals surface area contributed by atoms with Crippen molar-refractivity contribution < 1.29 is 0 Å². The molecule has 0 heterocycles. The van der Waals surface area contributed by atoms with Crippen molar-refractivity contribution in [3.63, 3.8) is 0 Å². The molecule has 19 heavy (non-hydrogen) atoms. The van der Waals surface area contributed by atoms with Gasteiger partial charge in [0, 0.05) is 6.04 Å². The van der Waals surface area contributed by atoms with Crippen molar-refractivity contribution in [2.75, 3.05) is 6.54 Å². The molecule has 0 aliphatic rings. The SMILES string of the molecule is CCCNC(c1ccc(C(C)C)cc1)C(C)(C)CC. The topological polar surface area (TPSA) is 12.0 Å². The maximum atomic E-state index is 3.73. The molecule has 108 valence electrons. The molecule has 0 saturated heterocycles. The maximum Gasteiger partial charge on any atom is 0.0371 e. The fourth-order valence-corrected chi connectivity index (χ4v) is 2.41. The van der Waals surface area contributed by atoms with E-state index in [9.17, 15) is 0 Å². The summed E-state index contributed by atoms with van der Waals surface area (Å²) in [7, 11) is 0. The summed E-state index contributed by atoms with van der Waals surface area (Å²) in [6.07, 6.45) is 2.36. The van der Waals surface area contributed by atoms with E-state index in [2.05, 4.69) is 71.1 Å². The van der Waals surface area contributed by atoms with Gasteiger partial charge in [0.15, 0.2) is 0 Å². The molecule has 0 saturated carbocycles. The van der Waals surface area contributed by atoms with Gasteiger partial charge in [-0.1, -0.05) is 65.8 Å². The average molecular weight is 261 g/mol. The molecule has 1 atom stereocenters. The van der Waals surface area contributed by atoms with Crippen LogP contribution in [0.5, 0.6) is 0 Å². The van der Waals surface area contributed by atoms with E-state index in [-0.39, 0.29) is 5.41 Å². The summed E-state index contributed by atoms with van der Waals surface area (Å²) in [4.78, 5) is 0. The molecule has 0 aliphatic carbocycles. The van der Waals surface area contributed by atoms with E-state index in [0.29, 0.717) is 12.0 Å². The van der Waals surface area contributed by atoms with Gasteiger partial charge in [-0.2, -0.15) is 0 Å². The first-order valence-electron chi connectivity index (χ1n) is 7.75. The molecular weight excluding hydrogens is 230 g/mol. The normalized spacial score (nSPS) is 13.8. The van der Waals surface area contributed by atoms with Gasteiger partial charge in [0.2, 0.25) is 0 Å². The van der Waals surface area contributed by atoms with Crippen LogP contribution in [-0.4, -0.2) is 6.54 Å². The summed E-state index contributed by atoms with van der Waals surface area (Å²) >= 11 is 0. The van der Waals surface area contributed by atoms with Crippen LogP contribution in [0, 0.1) is 5.41 Å².